The van der Waals surface area contributed by atoms with Crippen molar-refractivity contribution in [3.63, 3.8) is 0 Å². The summed E-state index contributed by atoms with van der Waals surface area (Å²) in [6, 6.07) is 15.6. The number of hydrogen-bond donors (Lipinski definition) is 3. The molecule has 2 aromatic heterocycles. The number of H-pyrrole nitrogens is 1. The second-order valence-corrected chi connectivity index (χ2v) is 8.59. The van der Waals surface area contributed by atoms with E-state index in [4.69, 9.17) is 4.74 Å². The summed E-state index contributed by atoms with van der Waals surface area (Å²) in [5.74, 6) is 1.38. The minimum Gasteiger partial charge on any atom is -0.457 e. The van der Waals surface area contributed by atoms with E-state index >= 15 is 0 Å². The van der Waals surface area contributed by atoms with Gasteiger partial charge in [-0.1, -0.05) is 18.2 Å². The fourth-order valence-corrected chi connectivity index (χ4v) is 3.81. The second kappa shape index (κ2) is 8.65. The Morgan fingerprint density at radius 2 is 1.84 bits per heavy atom. The molecule has 0 bridgehead atoms. The predicted molar refractivity (Wildman–Crippen MR) is 128 cm³/mol. The minimum atomic E-state index is -1.01. The number of ether oxygens (including phenoxy) is 1. The van der Waals surface area contributed by atoms with Crippen LogP contribution in [-0.2, 0) is 19.1 Å². The Morgan fingerprint density at radius 1 is 1.09 bits per heavy atom. The molecule has 4 rings (SSSR count). The molecular weight excluding hydrogens is 402 g/mol. The van der Waals surface area contributed by atoms with Gasteiger partial charge in [0.05, 0.1) is 5.60 Å². The molecule has 0 fully saturated rings. The van der Waals surface area contributed by atoms with Crippen molar-refractivity contribution >= 4 is 10.9 Å². The molecule has 0 spiro atoms. The van der Waals surface area contributed by atoms with Crippen molar-refractivity contribution in [3.05, 3.63) is 82.4 Å². The van der Waals surface area contributed by atoms with Crippen LogP contribution < -0.4 is 15.6 Å². The summed E-state index contributed by atoms with van der Waals surface area (Å²) < 4.78 is 7.85. The molecule has 2 heterocycles. The molecule has 32 heavy (non-hydrogen) atoms. The molecule has 0 unspecified atom stereocenters. The lowest BCUT2D eigenvalue weighted by Gasteiger charge is -2.21. The quantitative estimate of drug-likeness (QED) is 0.407. The summed E-state index contributed by atoms with van der Waals surface area (Å²) >= 11 is 0. The Bertz CT molecular complexity index is 1290. The lowest BCUT2D eigenvalue weighted by molar-refractivity contribution is 0.0786. The van der Waals surface area contributed by atoms with E-state index in [9.17, 15) is 9.90 Å². The lowest BCUT2D eigenvalue weighted by Crippen LogP contribution is -2.17. The van der Waals surface area contributed by atoms with Crippen LogP contribution in [0, 0.1) is 0 Å². The highest BCUT2D eigenvalue weighted by Gasteiger charge is 2.21. The smallest absolute Gasteiger partial charge is 0.274 e. The Balaban J connectivity index is 1.82. The van der Waals surface area contributed by atoms with E-state index in [2.05, 4.69) is 22.4 Å². The largest absolute Gasteiger partial charge is 0.457 e. The number of likely N-dealkylation sites (N-methyl/N-ethyl adjacent to an activating group) is 1. The van der Waals surface area contributed by atoms with Gasteiger partial charge in [-0.05, 0) is 75.3 Å². The first-order valence-electron chi connectivity index (χ1n) is 10.7. The SMILES string of the molecule is CNCCc1ccc(Oc2ccc(C(C)(C)O)cc2-c2cn(C)c(=O)c3[nH]ccc23)cc1. The summed E-state index contributed by atoms with van der Waals surface area (Å²) in [6.45, 7) is 4.43. The standard InChI is InChI=1S/C26H29N3O3/c1-26(2,31)18-7-10-23(32-19-8-5-17(6-9-19)11-13-27-3)21(15-18)22-16-29(4)25(30)24-20(22)12-14-28-24/h5-10,12,14-16,27-28,31H,11,13H2,1-4H3. The number of nitrogens with one attached hydrogen (secondary N) is 2. The zero-order valence-electron chi connectivity index (χ0n) is 18.9. The summed E-state index contributed by atoms with van der Waals surface area (Å²) in [5.41, 5.74) is 3.10. The number of hydrogen-bond acceptors (Lipinski definition) is 4. The summed E-state index contributed by atoms with van der Waals surface area (Å²) in [5, 5.41) is 14.6. The fraction of sp³-hybridized carbons (Fsp3) is 0.269. The molecule has 0 aliphatic rings. The summed E-state index contributed by atoms with van der Waals surface area (Å²) in [7, 11) is 3.67. The third-order valence-corrected chi connectivity index (χ3v) is 5.69. The third-order valence-electron chi connectivity index (χ3n) is 5.69. The molecule has 3 N–H and O–H groups in total. The zero-order chi connectivity index (χ0) is 22.9. The molecule has 6 nitrogen and oxygen atoms in total. The maximum Gasteiger partial charge on any atom is 0.274 e. The highest BCUT2D eigenvalue weighted by Crippen LogP contribution is 2.39. The molecule has 166 valence electrons. The first-order valence-corrected chi connectivity index (χ1v) is 10.7. The van der Waals surface area contributed by atoms with Gasteiger partial charge < -0.3 is 24.7 Å². The molecule has 4 aromatic rings. The van der Waals surface area contributed by atoms with Gasteiger partial charge in [-0.25, -0.2) is 0 Å². The van der Waals surface area contributed by atoms with Crippen molar-refractivity contribution in [1.29, 1.82) is 0 Å². The Labute approximate surface area is 187 Å². The molecule has 0 aliphatic heterocycles. The maximum absolute atomic E-state index is 12.5. The van der Waals surface area contributed by atoms with Crippen molar-refractivity contribution in [2.45, 2.75) is 25.9 Å². The number of benzene rings is 2. The fourth-order valence-electron chi connectivity index (χ4n) is 3.81. The van der Waals surface area contributed by atoms with E-state index in [1.165, 1.54) is 5.56 Å². The highest BCUT2D eigenvalue weighted by molar-refractivity contribution is 5.96. The van der Waals surface area contributed by atoms with Crippen molar-refractivity contribution in [2.75, 3.05) is 13.6 Å². The van der Waals surface area contributed by atoms with Gasteiger partial charge in [0.15, 0.2) is 0 Å². The van der Waals surface area contributed by atoms with Gasteiger partial charge in [0, 0.05) is 36.0 Å². The minimum absolute atomic E-state index is 0.0907. The second-order valence-electron chi connectivity index (χ2n) is 8.59. The van der Waals surface area contributed by atoms with E-state index in [0.29, 0.717) is 11.3 Å². The van der Waals surface area contributed by atoms with Crippen LogP contribution in [0.1, 0.15) is 25.0 Å². The van der Waals surface area contributed by atoms with Crippen LogP contribution in [0.3, 0.4) is 0 Å². The molecule has 0 radical (unpaired) electrons. The molecular formula is C26H29N3O3. The average molecular weight is 432 g/mol. The zero-order valence-corrected chi connectivity index (χ0v) is 18.9. The van der Waals surface area contributed by atoms with Crippen molar-refractivity contribution < 1.29 is 9.84 Å². The average Bonchev–Trinajstić information content (AvgIpc) is 3.26. The van der Waals surface area contributed by atoms with E-state index in [1.54, 1.807) is 31.7 Å². The van der Waals surface area contributed by atoms with E-state index in [0.717, 1.165) is 40.8 Å². The van der Waals surface area contributed by atoms with Gasteiger partial charge in [0.25, 0.3) is 5.56 Å². The van der Waals surface area contributed by atoms with Crippen LogP contribution >= 0.6 is 0 Å². The van der Waals surface area contributed by atoms with Crippen molar-refractivity contribution in [2.24, 2.45) is 7.05 Å². The van der Waals surface area contributed by atoms with Crippen LogP contribution in [0.15, 0.2) is 65.7 Å². The van der Waals surface area contributed by atoms with E-state index in [-0.39, 0.29) is 5.56 Å². The third kappa shape index (κ3) is 4.33. The Hall–Kier alpha value is -3.35. The number of pyridine rings is 1. The van der Waals surface area contributed by atoms with Gasteiger partial charge in [-0.3, -0.25) is 4.79 Å². The number of aromatic nitrogens is 2. The Kier molecular flexibility index (Phi) is 5.91. The van der Waals surface area contributed by atoms with Crippen LogP contribution in [0.2, 0.25) is 0 Å². The van der Waals surface area contributed by atoms with Gasteiger partial charge in [0.2, 0.25) is 0 Å². The normalized spacial score (nSPS) is 11.8. The number of nitrogens with zero attached hydrogens (tertiary/aromatic N) is 1. The van der Waals surface area contributed by atoms with Gasteiger partial charge in [0.1, 0.15) is 17.0 Å². The molecule has 0 atom stereocenters. The number of aliphatic hydroxyl groups is 1. The summed E-state index contributed by atoms with van der Waals surface area (Å²) in [4.78, 5) is 15.6. The Morgan fingerprint density at radius 3 is 2.53 bits per heavy atom. The van der Waals surface area contributed by atoms with Gasteiger partial charge in [-0.15, -0.1) is 0 Å². The number of rotatable bonds is 7. The van der Waals surface area contributed by atoms with Crippen LogP contribution in [-0.4, -0.2) is 28.3 Å². The molecule has 6 heteroatoms. The number of fused-ring (bicyclic) bond motifs is 1. The summed E-state index contributed by atoms with van der Waals surface area (Å²) in [6.07, 6.45) is 4.53. The molecule has 0 saturated carbocycles. The molecule has 0 saturated heterocycles. The number of aryl methyl sites for hydroxylation is 1. The molecule has 0 aliphatic carbocycles. The van der Waals surface area contributed by atoms with Crippen LogP contribution in [0.4, 0.5) is 0 Å². The van der Waals surface area contributed by atoms with Gasteiger partial charge >= 0.3 is 0 Å². The topological polar surface area (TPSA) is 79.3 Å². The first kappa shape index (κ1) is 21.9. The van der Waals surface area contributed by atoms with Crippen molar-refractivity contribution in [3.8, 4) is 22.6 Å². The lowest BCUT2D eigenvalue weighted by atomic mass is 9.93. The van der Waals surface area contributed by atoms with Crippen LogP contribution in [0.5, 0.6) is 11.5 Å². The van der Waals surface area contributed by atoms with Crippen LogP contribution in [0.25, 0.3) is 22.0 Å². The first-order chi connectivity index (χ1) is 15.3. The van der Waals surface area contributed by atoms with E-state index in [1.807, 2.05) is 49.6 Å². The number of aromatic amines is 1. The monoisotopic (exact) mass is 431 g/mol. The molecule has 0 amide bonds. The maximum atomic E-state index is 12.5. The van der Waals surface area contributed by atoms with Gasteiger partial charge in [-0.2, -0.15) is 0 Å². The van der Waals surface area contributed by atoms with Crippen molar-refractivity contribution in [1.82, 2.24) is 14.9 Å². The predicted octanol–water partition coefficient (Wildman–Crippen LogP) is 4.32. The van der Waals surface area contributed by atoms with E-state index < -0.39 is 5.60 Å². The molecule has 2 aromatic carbocycles. The highest BCUT2D eigenvalue weighted by atomic mass is 16.5.